The van der Waals surface area contributed by atoms with Crippen molar-refractivity contribution in [2.24, 2.45) is 5.73 Å². The minimum atomic E-state index is -0.0101. The summed E-state index contributed by atoms with van der Waals surface area (Å²) in [5.74, 6) is 0.800. The van der Waals surface area contributed by atoms with Crippen LogP contribution in [-0.4, -0.2) is 34.4 Å². The van der Waals surface area contributed by atoms with Gasteiger partial charge in [0.05, 0.1) is 19.9 Å². The Bertz CT molecular complexity index is 563. The molecule has 1 heterocycles. The highest BCUT2D eigenvalue weighted by Crippen LogP contribution is 2.13. The molecule has 0 aliphatic rings. The molecule has 1 aromatic heterocycles. The Morgan fingerprint density at radius 1 is 1.35 bits per heavy atom. The molecule has 106 valence electrons. The second kappa shape index (κ2) is 6.81. The smallest absolute Gasteiger partial charge is 0.185 e. The predicted octanol–water partition coefficient (Wildman–Crippen LogP) is 1.06. The Hall–Kier alpha value is -2.21. The Morgan fingerprint density at radius 2 is 2.10 bits per heavy atom. The number of ketones is 1. The van der Waals surface area contributed by atoms with Crippen molar-refractivity contribution in [3.63, 3.8) is 0 Å². The molecule has 0 aliphatic heterocycles. The number of carbonyl (C=O) groups is 1. The molecule has 2 aromatic rings. The van der Waals surface area contributed by atoms with Crippen LogP contribution < -0.4 is 10.5 Å². The van der Waals surface area contributed by atoms with Gasteiger partial charge in [0.25, 0.3) is 0 Å². The lowest BCUT2D eigenvalue weighted by Crippen LogP contribution is -2.10. The molecule has 0 atom stereocenters. The number of aryl methyl sites for hydroxylation is 1. The van der Waals surface area contributed by atoms with E-state index in [2.05, 4.69) is 10.3 Å². The third kappa shape index (κ3) is 3.64. The number of hydrogen-bond acceptors (Lipinski definition) is 5. The largest absolute Gasteiger partial charge is 0.497 e. The molecule has 2 rings (SSSR count). The van der Waals surface area contributed by atoms with Crippen LogP contribution >= 0.6 is 0 Å². The summed E-state index contributed by atoms with van der Waals surface area (Å²) < 4.78 is 6.68. The minimum absolute atomic E-state index is 0.0101. The number of hydrogen-bond donors (Lipinski definition) is 1. The van der Waals surface area contributed by atoms with Gasteiger partial charge in [0, 0.05) is 13.0 Å². The highest BCUT2D eigenvalue weighted by Gasteiger charge is 2.10. The van der Waals surface area contributed by atoms with Gasteiger partial charge in [-0.05, 0) is 24.1 Å². The molecule has 0 saturated heterocycles. The maximum Gasteiger partial charge on any atom is 0.185 e. The molecule has 0 fully saturated rings. The summed E-state index contributed by atoms with van der Waals surface area (Å²) in [5.41, 5.74) is 6.91. The van der Waals surface area contributed by atoms with Crippen LogP contribution in [0.15, 0.2) is 30.5 Å². The van der Waals surface area contributed by atoms with E-state index in [1.165, 1.54) is 0 Å². The lowest BCUT2D eigenvalue weighted by atomic mass is 10.1. The van der Waals surface area contributed by atoms with E-state index in [0.29, 0.717) is 31.6 Å². The Balaban J connectivity index is 1.90. The molecule has 20 heavy (non-hydrogen) atoms. The zero-order valence-corrected chi connectivity index (χ0v) is 11.5. The highest BCUT2D eigenvalue weighted by molar-refractivity contribution is 5.93. The fraction of sp³-hybridized carbons (Fsp3) is 0.357. The number of carbonyl (C=O) groups excluding carboxylic acids is 1. The normalized spacial score (nSPS) is 10.5. The summed E-state index contributed by atoms with van der Waals surface area (Å²) in [6, 6.07) is 7.68. The summed E-state index contributed by atoms with van der Waals surface area (Å²) in [6.07, 6.45) is 2.73. The Kier molecular flexibility index (Phi) is 4.84. The first-order chi connectivity index (χ1) is 9.72. The van der Waals surface area contributed by atoms with Gasteiger partial charge in [0.15, 0.2) is 5.78 Å². The summed E-state index contributed by atoms with van der Waals surface area (Å²) in [4.78, 5) is 12.0. The lowest BCUT2D eigenvalue weighted by molar-refractivity contribution is 0.0978. The summed E-state index contributed by atoms with van der Waals surface area (Å²) in [5, 5.41) is 7.72. The number of nitrogens with zero attached hydrogens (tertiary/aromatic N) is 3. The van der Waals surface area contributed by atoms with Crippen LogP contribution in [0.4, 0.5) is 0 Å². The van der Waals surface area contributed by atoms with E-state index < -0.39 is 0 Å². The first-order valence-electron chi connectivity index (χ1n) is 6.49. The zero-order chi connectivity index (χ0) is 14.4. The third-order valence-corrected chi connectivity index (χ3v) is 2.98. The average Bonchev–Trinajstić information content (AvgIpc) is 2.94. The van der Waals surface area contributed by atoms with Gasteiger partial charge in [-0.1, -0.05) is 17.3 Å². The van der Waals surface area contributed by atoms with Crippen LogP contribution in [0.1, 0.15) is 22.5 Å². The second-order valence-electron chi connectivity index (χ2n) is 4.43. The fourth-order valence-electron chi connectivity index (χ4n) is 1.85. The molecule has 2 N–H and O–H groups in total. The molecule has 6 nitrogen and oxygen atoms in total. The van der Waals surface area contributed by atoms with Crippen LogP contribution in [-0.2, 0) is 13.0 Å². The number of rotatable bonds is 7. The van der Waals surface area contributed by atoms with Crippen LogP contribution in [0, 0.1) is 0 Å². The monoisotopic (exact) mass is 274 g/mol. The molecule has 0 amide bonds. The maximum absolute atomic E-state index is 12.0. The van der Waals surface area contributed by atoms with Crippen LogP contribution in [0.3, 0.4) is 0 Å². The van der Waals surface area contributed by atoms with Crippen LogP contribution in [0.2, 0.25) is 0 Å². The number of methoxy groups -OCH3 is 1. The molecule has 0 aliphatic carbocycles. The van der Waals surface area contributed by atoms with Crippen molar-refractivity contribution >= 4 is 5.78 Å². The van der Waals surface area contributed by atoms with Gasteiger partial charge in [-0.25, -0.2) is 0 Å². The highest BCUT2D eigenvalue weighted by atomic mass is 16.5. The first kappa shape index (κ1) is 14.2. The van der Waals surface area contributed by atoms with E-state index in [0.717, 1.165) is 11.3 Å². The second-order valence-corrected chi connectivity index (χ2v) is 4.43. The molecule has 0 spiro atoms. The van der Waals surface area contributed by atoms with Gasteiger partial charge in [-0.3, -0.25) is 9.48 Å². The van der Waals surface area contributed by atoms with Crippen molar-refractivity contribution in [2.75, 3.05) is 13.7 Å². The van der Waals surface area contributed by atoms with E-state index in [9.17, 15) is 4.79 Å². The lowest BCUT2D eigenvalue weighted by Gasteiger charge is -2.02. The molecular weight excluding hydrogens is 256 g/mol. The SMILES string of the molecule is COc1ccc(CCC(=O)c2cn(CCN)nn2)cc1. The van der Waals surface area contributed by atoms with Crippen molar-refractivity contribution in [1.82, 2.24) is 15.0 Å². The molecular formula is C14H18N4O2. The molecule has 0 radical (unpaired) electrons. The topological polar surface area (TPSA) is 83.0 Å². The average molecular weight is 274 g/mol. The summed E-state index contributed by atoms with van der Waals surface area (Å²) >= 11 is 0. The maximum atomic E-state index is 12.0. The quantitative estimate of drug-likeness (QED) is 0.763. The number of nitrogens with two attached hydrogens (primary N) is 1. The summed E-state index contributed by atoms with van der Waals surface area (Å²) in [7, 11) is 1.63. The number of Topliss-reactive ketones (excluding diaryl/α,β-unsaturated/α-hetero) is 1. The zero-order valence-electron chi connectivity index (χ0n) is 11.5. The van der Waals surface area contributed by atoms with E-state index in [1.807, 2.05) is 24.3 Å². The Morgan fingerprint density at radius 3 is 2.75 bits per heavy atom. The summed E-state index contributed by atoms with van der Waals surface area (Å²) in [6.45, 7) is 1.04. The molecule has 0 saturated carbocycles. The predicted molar refractivity (Wildman–Crippen MR) is 74.7 cm³/mol. The van der Waals surface area contributed by atoms with Crippen molar-refractivity contribution < 1.29 is 9.53 Å². The Labute approximate surface area is 117 Å². The van der Waals surface area contributed by atoms with Crippen LogP contribution in [0.25, 0.3) is 0 Å². The van der Waals surface area contributed by atoms with Crippen molar-refractivity contribution in [1.29, 1.82) is 0 Å². The van der Waals surface area contributed by atoms with Crippen LogP contribution in [0.5, 0.6) is 5.75 Å². The number of ether oxygens (including phenoxy) is 1. The van der Waals surface area contributed by atoms with E-state index in [1.54, 1.807) is 18.0 Å². The first-order valence-corrected chi connectivity index (χ1v) is 6.49. The van der Waals surface area contributed by atoms with Gasteiger partial charge in [0.1, 0.15) is 11.4 Å². The van der Waals surface area contributed by atoms with Gasteiger partial charge < -0.3 is 10.5 Å². The number of aromatic nitrogens is 3. The van der Waals surface area contributed by atoms with Crippen molar-refractivity contribution in [2.45, 2.75) is 19.4 Å². The fourth-order valence-corrected chi connectivity index (χ4v) is 1.85. The minimum Gasteiger partial charge on any atom is -0.497 e. The molecule has 6 heteroatoms. The molecule has 0 unspecified atom stereocenters. The van der Waals surface area contributed by atoms with Crippen molar-refractivity contribution in [3.8, 4) is 5.75 Å². The van der Waals surface area contributed by atoms with Gasteiger partial charge >= 0.3 is 0 Å². The van der Waals surface area contributed by atoms with E-state index in [-0.39, 0.29) is 5.78 Å². The van der Waals surface area contributed by atoms with Gasteiger partial charge in [-0.15, -0.1) is 5.10 Å². The van der Waals surface area contributed by atoms with E-state index in [4.69, 9.17) is 10.5 Å². The van der Waals surface area contributed by atoms with Crippen molar-refractivity contribution in [3.05, 3.63) is 41.7 Å². The van der Waals surface area contributed by atoms with Gasteiger partial charge in [0.2, 0.25) is 0 Å². The molecule has 0 bridgehead atoms. The van der Waals surface area contributed by atoms with Gasteiger partial charge in [-0.2, -0.15) is 0 Å². The molecule has 1 aromatic carbocycles. The van der Waals surface area contributed by atoms with E-state index >= 15 is 0 Å². The standard InChI is InChI=1S/C14H18N4O2/c1-20-12-5-2-11(3-6-12)4-7-14(19)13-10-18(9-8-15)17-16-13/h2-3,5-6,10H,4,7-9,15H2,1H3. The third-order valence-electron chi connectivity index (χ3n) is 2.98. The number of benzene rings is 1.